The molecule has 1 amide bonds. The lowest BCUT2D eigenvalue weighted by atomic mass is 10.1. The molecule has 0 N–H and O–H groups in total. The normalized spacial score (nSPS) is 14.4. The number of para-hydroxylation sites is 3. The number of aromatic nitrogens is 1. The van der Waals surface area contributed by atoms with Crippen LogP contribution in [0.4, 0.5) is 11.4 Å². The minimum Gasteiger partial charge on any atom is -0.362 e. The summed E-state index contributed by atoms with van der Waals surface area (Å²) in [5.74, 6) is -0.0317. The van der Waals surface area contributed by atoms with Crippen LogP contribution in [0.15, 0.2) is 60.8 Å². The Hall–Kier alpha value is -3.48. The molecule has 0 bridgehead atoms. The Labute approximate surface area is 156 Å². The first-order valence-corrected chi connectivity index (χ1v) is 8.76. The van der Waals surface area contributed by atoms with Gasteiger partial charge in [-0.3, -0.25) is 19.9 Å². The van der Waals surface area contributed by atoms with E-state index in [2.05, 4.69) is 4.98 Å². The van der Waals surface area contributed by atoms with Gasteiger partial charge in [0.2, 0.25) is 0 Å². The molecular weight excluding hydrogens is 344 g/mol. The van der Waals surface area contributed by atoms with Gasteiger partial charge in [0.1, 0.15) is 5.69 Å². The van der Waals surface area contributed by atoms with Gasteiger partial charge >= 0.3 is 0 Å². The van der Waals surface area contributed by atoms with Crippen molar-refractivity contribution < 1.29 is 9.72 Å². The monoisotopic (exact) mass is 362 g/mol. The van der Waals surface area contributed by atoms with Crippen LogP contribution in [0.25, 0.3) is 10.9 Å². The van der Waals surface area contributed by atoms with Crippen molar-refractivity contribution in [1.82, 2.24) is 9.88 Å². The van der Waals surface area contributed by atoms with E-state index in [-0.39, 0.29) is 16.5 Å². The number of pyridine rings is 1. The van der Waals surface area contributed by atoms with Crippen molar-refractivity contribution in [1.29, 1.82) is 0 Å². The molecule has 7 nitrogen and oxygen atoms in total. The van der Waals surface area contributed by atoms with Gasteiger partial charge < -0.3 is 9.80 Å². The van der Waals surface area contributed by atoms with Crippen LogP contribution in [0.3, 0.4) is 0 Å². The van der Waals surface area contributed by atoms with Gasteiger partial charge in [-0.15, -0.1) is 0 Å². The van der Waals surface area contributed by atoms with E-state index in [0.717, 1.165) is 10.9 Å². The smallest absolute Gasteiger partial charge is 0.292 e. The van der Waals surface area contributed by atoms with Crippen molar-refractivity contribution in [2.75, 3.05) is 31.1 Å². The van der Waals surface area contributed by atoms with Crippen LogP contribution < -0.4 is 4.90 Å². The second-order valence-electron chi connectivity index (χ2n) is 6.40. The van der Waals surface area contributed by atoms with E-state index in [9.17, 15) is 14.9 Å². The van der Waals surface area contributed by atoms with E-state index in [1.807, 2.05) is 29.2 Å². The molecule has 0 radical (unpaired) electrons. The summed E-state index contributed by atoms with van der Waals surface area (Å²) >= 11 is 0. The van der Waals surface area contributed by atoms with E-state index in [1.165, 1.54) is 6.07 Å². The third kappa shape index (κ3) is 3.19. The first-order chi connectivity index (χ1) is 13.1. The lowest BCUT2D eigenvalue weighted by Crippen LogP contribution is -2.49. The van der Waals surface area contributed by atoms with Crippen LogP contribution in [0.2, 0.25) is 0 Å². The molecule has 4 rings (SSSR count). The van der Waals surface area contributed by atoms with Crippen molar-refractivity contribution in [2.24, 2.45) is 0 Å². The fourth-order valence-corrected chi connectivity index (χ4v) is 3.49. The van der Waals surface area contributed by atoms with Crippen LogP contribution >= 0.6 is 0 Å². The van der Waals surface area contributed by atoms with Gasteiger partial charge in [-0.2, -0.15) is 0 Å². The first kappa shape index (κ1) is 17.0. The zero-order valence-corrected chi connectivity index (χ0v) is 14.6. The zero-order chi connectivity index (χ0) is 18.8. The van der Waals surface area contributed by atoms with E-state index in [0.29, 0.717) is 37.4 Å². The molecule has 27 heavy (non-hydrogen) atoms. The van der Waals surface area contributed by atoms with Gasteiger partial charge in [-0.1, -0.05) is 30.3 Å². The van der Waals surface area contributed by atoms with Gasteiger partial charge in [0.25, 0.3) is 11.6 Å². The minimum atomic E-state index is -0.365. The van der Waals surface area contributed by atoms with E-state index < -0.39 is 0 Å². The standard InChI is InChI=1S/C20H18N4O3/c25-20(16-9-10-21-17-6-2-1-5-15(16)17)23-13-11-22(12-14-23)18-7-3-4-8-19(18)24(26)27/h1-10H,11-14H2. The number of nitro benzene ring substituents is 1. The number of carbonyl (C=O) groups excluding carboxylic acids is 1. The van der Waals surface area contributed by atoms with Crippen molar-refractivity contribution >= 4 is 28.2 Å². The van der Waals surface area contributed by atoms with Gasteiger partial charge in [-0.25, -0.2) is 0 Å². The van der Waals surface area contributed by atoms with Gasteiger partial charge in [0.15, 0.2) is 0 Å². The summed E-state index contributed by atoms with van der Waals surface area (Å²) in [5.41, 5.74) is 2.13. The molecule has 0 spiro atoms. The molecule has 1 aliphatic heterocycles. The quantitative estimate of drug-likeness (QED) is 0.528. The number of rotatable bonds is 3. The SMILES string of the molecule is O=C(c1ccnc2ccccc12)N1CCN(c2ccccc2[N+](=O)[O-])CC1. The van der Waals surface area contributed by atoms with Crippen molar-refractivity contribution in [3.63, 3.8) is 0 Å². The highest BCUT2D eigenvalue weighted by Crippen LogP contribution is 2.28. The first-order valence-electron chi connectivity index (χ1n) is 8.76. The summed E-state index contributed by atoms with van der Waals surface area (Å²) in [6, 6.07) is 16.1. The van der Waals surface area contributed by atoms with E-state index in [4.69, 9.17) is 0 Å². The average Bonchev–Trinajstić information content (AvgIpc) is 2.73. The van der Waals surface area contributed by atoms with Crippen LogP contribution in [0, 0.1) is 10.1 Å². The summed E-state index contributed by atoms with van der Waals surface area (Å²) in [6.45, 7) is 2.14. The predicted molar refractivity (Wildman–Crippen MR) is 103 cm³/mol. The molecule has 1 aromatic heterocycles. The molecule has 0 aliphatic carbocycles. The number of nitrogens with zero attached hydrogens (tertiary/aromatic N) is 4. The van der Waals surface area contributed by atoms with Crippen LogP contribution in [-0.2, 0) is 0 Å². The van der Waals surface area contributed by atoms with Gasteiger partial charge in [0, 0.05) is 43.8 Å². The molecule has 1 fully saturated rings. The number of amides is 1. The lowest BCUT2D eigenvalue weighted by molar-refractivity contribution is -0.384. The summed E-state index contributed by atoms with van der Waals surface area (Å²) in [6.07, 6.45) is 1.65. The maximum atomic E-state index is 13.0. The Morgan fingerprint density at radius 2 is 1.67 bits per heavy atom. The molecule has 2 aromatic carbocycles. The fourth-order valence-electron chi connectivity index (χ4n) is 3.49. The molecule has 0 unspecified atom stereocenters. The minimum absolute atomic E-state index is 0.0317. The maximum Gasteiger partial charge on any atom is 0.292 e. The fraction of sp³-hybridized carbons (Fsp3) is 0.200. The molecule has 0 saturated carbocycles. The third-order valence-corrected chi connectivity index (χ3v) is 4.87. The number of piperazine rings is 1. The van der Waals surface area contributed by atoms with Crippen molar-refractivity contribution in [2.45, 2.75) is 0 Å². The lowest BCUT2D eigenvalue weighted by Gasteiger charge is -2.36. The number of nitro groups is 1. The summed E-state index contributed by atoms with van der Waals surface area (Å²) < 4.78 is 0. The average molecular weight is 362 g/mol. The van der Waals surface area contributed by atoms with Gasteiger partial charge in [-0.05, 0) is 18.2 Å². The van der Waals surface area contributed by atoms with Crippen molar-refractivity contribution in [3.05, 3.63) is 76.5 Å². The molecular formula is C20H18N4O3. The highest BCUT2D eigenvalue weighted by atomic mass is 16.6. The van der Waals surface area contributed by atoms with Gasteiger partial charge in [0.05, 0.1) is 16.0 Å². The number of benzene rings is 2. The molecule has 136 valence electrons. The van der Waals surface area contributed by atoms with Crippen LogP contribution in [0.5, 0.6) is 0 Å². The van der Waals surface area contributed by atoms with Crippen LogP contribution in [0.1, 0.15) is 10.4 Å². The topological polar surface area (TPSA) is 79.6 Å². The molecule has 7 heteroatoms. The Morgan fingerprint density at radius 1 is 0.963 bits per heavy atom. The molecule has 0 atom stereocenters. The Morgan fingerprint density at radius 3 is 2.44 bits per heavy atom. The summed E-state index contributed by atoms with van der Waals surface area (Å²) in [4.78, 5) is 32.0. The molecule has 3 aromatic rings. The number of hydrogen-bond donors (Lipinski definition) is 0. The second-order valence-corrected chi connectivity index (χ2v) is 6.40. The molecule has 1 aliphatic rings. The third-order valence-electron chi connectivity index (χ3n) is 4.87. The number of carbonyl (C=O) groups is 1. The summed E-state index contributed by atoms with van der Waals surface area (Å²) in [7, 11) is 0. The van der Waals surface area contributed by atoms with E-state index >= 15 is 0 Å². The number of anilines is 1. The Balaban J connectivity index is 1.53. The summed E-state index contributed by atoms with van der Waals surface area (Å²) in [5, 5.41) is 12.1. The molecule has 2 heterocycles. The number of fused-ring (bicyclic) bond motifs is 1. The number of hydrogen-bond acceptors (Lipinski definition) is 5. The Kier molecular flexibility index (Phi) is 4.42. The van der Waals surface area contributed by atoms with E-state index in [1.54, 1.807) is 35.4 Å². The largest absolute Gasteiger partial charge is 0.362 e. The van der Waals surface area contributed by atoms with Crippen molar-refractivity contribution in [3.8, 4) is 0 Å². The zero-order valence-electron chi connectivity index (χ0n) is 14.6. The Bertz CT molecular complexity index is 1010. The van der Waals surface area contributed by atoms with Crippen LogP contribution in [-0.4, -0.2) is 46.9 Å². The predicted octanol–water partition coefficient (Wildman–Crippen LogP) is 3.11. The molecule has 1 saturated heterocycles. The highest BCUT2D eigenvalue weighted by Gasteiger charge is 2.26. The maximum absolute atomic E-state index is 13.0. The highest BCUT2D eigenvalue weighted by molar-refractivity contribution is 6.06. The second kappa shape index (κ2) is 7.03.